The van der Waals surface area contributed by atoms with Crippen LogP contribution in [0.2, 0.25) is 0 Å². The summed E-state index contributed by atoms with van der Waals surface area (Å²) in [5.74, 6) is -4.97. The van der Waals surface area contributed by atoms with E-state index < -0.39 is 66.7 Å². The Morgan fingerprint density at radius 1 is 0.879 bits per heavy atom. The molecule has 0 aromatic heterocycles. The van der Waals surface area contributed by atoms with Crippen molar-refractivity contribution in [1.82, 2.24) is 21.3 Å². The second-order valence-corrected chi connectivity index (χ2v) is 8.10. The number of nitrogens with two attached hydrogens (primary N) is 2. The molecule has 5 amide bonds. The zero-order valence-electron chi connectivity index (χ0n) is 19.5. The van der Waals surface area contributed by atoms with Crippen molar-refractivity contribution in [2.75, 3.05) is 13.1 Å². The van der Waals surface area contributed by atoms with Gasteiger partial charge in [-0.3, -0.25) is 24.0 Å². The number of primary amides is 1. The lowest BCUT2D eigenvalue weighted by molar-refractivity contribution is -0.142. The lowest BCUT2D eigenvalue weighted by Crippen LogP contribution is -2.56. The van der Waals surface area contributed by atoms with Crippen LogP contribution in [-0.2, 0) is 28.8 Å². The van der Waals surface area contributed by atoms with Gasteiger partial charge in [0.15, 0.2) is 0 Å². The van der Waals surface area contributed by atoms with E-state index in [1.807, 2.05) is 13.8 Å². The highest BCUT2D eigenvalue weighted by Gasteiger charge is 2.28. The van der Waals surface area contributed by atoms with Crippen LogP contribution in [0.25, 0.3) is 0 Å². The summed E-state index contributed by atoms with van der Waals surface area (Å²) in [5.41, 5.74) is 10.9. The molecule has 0 aliphatic heterocycles. The SMILES string of the molecule is CC[C@H](C)[C@H](N)C(=O)N[C@H](C(=O)NCC(=O)NCC(=O)N[C@@H](CCC(N)=O)C(=O)O)C(C)C. The number of hydrogen-bond donors (Lipinski definition) is 7. The van der Waals surface area contributed by atoms with E-state index in [-0.39, 0.29) is 24.7 Å². The molecule has 0 bridgehead atoms. The van der Waals surface area contributed by atoms with Crippen molar-refractivity contribution in [1.29, 1.82) is 0 Å². The second-order valence-electron chi connectivity index (χ2n) is 8.10. The summed E-state index contributed by atoms with van der Waals surface area (Å²) >= 11 is 0. The van der Waals surface area contributed by atoms with Crippen LogP contribution in [0.15, 0.2) is 0 Å². The van der Waals surface area contributed by atoms with Crippen LogP contribution < -0.4 is 32.7 Å². The van der Waals surface area contributed by atoms with E-state index in [0.29, 0.717) is 6.42 Å². The minimum atomic E-state index is -1.35. The van der Waals surface area contributed by atoms with Crippen LogP contribution in [-0.4, -0.2) is 71.8 Å². The largest absolute Gasteiger partial charge is 0.480 e. The van der Waals surface area contributed by atoms with E-state index in [1.54, 1.807) is 13.8 Å². The van der Waals surface area contributed by atoms with Crippen LogP contribution in [0, 0.1) is 11.8 Å². The summed E-state index contributed by atoms with van der Waals surface area (Å²) in [6, 6.07) is -3.02. The summed E-state index contributed by atoms with van der Waals surface area (Å²) in [6.07, 6.45) is 0.272. The molecule has 0 heterocycles. The highest BCUT2D eigenvalue weighted by molar-refractivity contribution is 5.93. The standard InChI is InChI=1S/C20H36N6O7/c1-5-11(4)16(22)18(30)26-17(10(2)3)19(31)24-8-14(28)23-9-15(29)25-12(20(32)33)6-7-13(21)27/h10-12,16-17H,5-9,22H2,1-4H3,(H2,21,27)(H,23,28)(H,24,31)(H,25,29)(H,26,30)(H,32,33)/t11-,12-,16-,17-/m0/s1. The first-order chi connectivity index (χ1) is 15.3. The first-order valence-electron chi connectivity index (χ1n) is 10.7. The summed E-state index contributed by atoms with van der Waals surface area (Å²) in [6.45, 7) is 6.16. The van der Waals surface area contributed by atoms with Gasteiger partial charge in [0, 0.05) is 6.42 Å². The second kappa shape index (κ2) is 14.8. The third-order valence-electron chi connectivity index (χ3n) is 4.99. The quantitative estimate of drug-likeness (QED) is 0.135. The first-order valence-corrected chi connectivity index (χ1v) is 10.7. The van der Waals surface area contributed by atoms with Gasteiger partial charge in [-0.05, 0) is 18.3 Å². The molecular weight excluding hydrogens is 436 g/mol. The van der Waals surface area contributed by atoms with Gasteiger partial charge in [-0.1, -0.05) is 34.1 Å². The number of carboxylic acid groups (broad SMARTS) is 1. The number of carbonyl (C=O) groups excluding carboxylic acids is 5. The van der Waals surface area contributed by atoms with Crippen LogP contribution in [0.4, 0.5) is 0 Å². The van der Waals surface area contributed by atoms with Gasteiger partial charge < -0.3 is 37.8 Å². The summed E-state index contributed by atoms with van der Waals surface area (Å²) in [5, 5.41) is 18.4. The van der Waals surface area contributed by atoms with Crippen LogP contribution >= 0.6 is 0 Å². The van der Waals surface area contributed by atoms with Crippen LogP contribution in [0.3, 0.4) is 0 Å². The Bertz CT molecular complexity index is 728. The van der Waals surface area contributed by atoms with Crippen molar-refractivity contribution in [3.63, 3.8) is 0 Å². The van der Waals surface area contributed by atoms with Crippen molar-refractivity contribution in [3.05, 3.63) is 0 Å². The molecule has 0 unspecified atom stereocenters. The molecule has 0 radical (unpaired) electrons. The maximum Gasteiger partial charge on any atom is 0.326 e. The third kappa shape index (κ3) is 11.8. The molecule has 33 heavy (non-hydrogen) atoms. The maximum atomic E-state index is 12.4. The number of aliphatic carboxylic acids is 1. The topological polar surface area (TPSA) is 223 Å². The molecule has 0 aromatic rings. The van der Waals surface area contributed by atoms with Crippen molar-refractivity contribution in [2.45, 2.75) is 65.1 Å². The number of carboxylic acids is 1. The molecule has 0 aromatic carbocycles. The number of rotatable bonds is 15. The van der Waals surface area contributed by atoms with Gasteiger partial charge >= 0.3 is 5.97 Å². The molecule has 9 N–H and O–H groups in total. The Hall–Kier alpha value is -3.22. The molecule has 0 rings (SSSR count). The van der Waals surface area contributed by atoms with Gasteiger partial charge in [0.05, 0.1) is 19.1 Å². The molecular formula is C20H36N6O7. The third-order valence-corrected chi connectivity index (χ3v) is 4.99. The molecule has 4 atom stereocenters. The zero-order valence-corrected chi connectivity index (χ0v) is 19.5. The molecule has 0 aliphatic carbocycles. The van der Waals surface area contributed by atoms with E-state index in [0.717, 1.165) is 0 Å². The predicted molar refractivity (Wildman–Crippen MR) is 118 cm³/mol. The van der Waals surface area contributed by atoms with E-state index in [1.165, 1.54) is 0 Å². The fourth-order valence-corrected chi connectivity index (χ4v) is 2.60. The van der Waals surface area contributed by atoms with Crippen LogP contribution in [0.1, 0.15) is 47.0 Å². The van der Waals surface area contributed by atoms with Crippen molar-refractivity contribution >= 4 is 35.5 Å². The van der Waals surface area contributed by atoms with Crippen molar-refractivity contribution in [2.24, 2.45) is 23.3 Å². The Morgan fingerprint density at radius 2 is 1.45 bits per heavy atom. The fourth-order valence-electron chi connectivity index (χ4n) is 2.60. The number of nitrogens with one attached hydrogen (secondary N) is 4. The Morgan fingerprint density at radius 3 is 1.94 bits per heavy atom. The number of amides is 5. The van der Waals surface area contributed by atoms with Crippen LogP contribution in [0.5, 0.6) is 0 Å². The van der Waals surface area contributed by atoms with Crippen molar-refractivity contribution < 1.29 is 33.9 Å². The van der Waals surface area contributed by atoms with Gasteiger partial charge in [-0.2, -0.15) is 0 Å². The molecule has 13 nitrogen and oxygen atoms in total. The Kier molecular flexibility index (Phi) is 13.3. The average Bonchev–Trinajstić information content (AvgIpc) is 2.74. The summed E-state index contributed by atoms with van der Waals surface area (Å²) in [4.78, 5) is 70.4. The maximum absolute atomic E-state index is 12.4. The molecule has 0 saturated heterocycles. The van der Waals surface area contributed by atoms with Gasteiger partial charge in [0.2, 0.25) is 29.5 Å². The molecule has 0 saturated carbocycles. The first kappa shape index (κ1) is 29.8. The molecule has 0 aliphatic rings. The van der Waals surface area contributed by atoms with Gasteiger partial charge in [-0.15, -0.1) is 0 Å². The monoisotopic (exact) mass is 472 g/mol. The molecule has 0 fully saturated rings. The number of hydrogen-bond acceptors (Lipinski definition) is 7. The van der Waals surface area contributed by atoms with Gasteiger partial charge in [-0.25, -0.2) is 4.79 Å². The lowest BCUT2D eigenvalue weighted by atomic mass is 9.97. The normalized spacial score (nSPS) is 14.4. The van der Waals surface area contributed by atoms with Gasteiger partial charge in [0.25, 0.3) is 0 Å². The highest BCUT2D eigenvalue weighted by atomic mass is 16.4. The minimum Gasteiger partial charge on any atom is -0.480 e. The fraction of sp³-hybridized carbons (Fsp3) is 0.700. The Labute approximate surface area is 192 Å². The molecule has 188 valence electrons. The predicted octanol–water partition coefficient (Wildman–Crippen LogP) is -2.43. The zero-order chi connectivity index (χ0) is 25.7. The van der Waals surface area contributed by atoms with Gasteiger partial charge in [0.1, 0.15) is 12.1 Å². The van der Waals surface area contributed by atoms with Crippen molar-refractivity contribution in [3.8, 4) is 0 Å². The smallest absolute Gasteiger partial charge is 0.326 e. The summed E-state index contributed by atoms with van der Waals surface area (Å²) in [7, 11) is 0. The number of carbonyl (C=O) groups is 6. The van der Waals surface area contributed by atoms with E-state index >= 15 is 0 Å². The summed E-state index contributed by atoms with van der Waals surface area (Å²) < 4.78 is 0. The molecule has 13 heteroatoms. The van der Waals surface area contributed by atoms with E-state index in [9.17, 15) is 28.8 Å². The van der Waals surface area contributed by atoms with E-state index in [2.05, 4.69) is 21.3 Å². The average molecular weight is 473 g/mol. The minimum absolute atomic E-state index is 0.0747. The highest BCUT2D eigenvalue weighted by Crippen LogP contribution is 2.08. The van der Waals surface area contributed by atoms with E-state index in [4.69, 9.17) is 16.6 Å². The lowest BCUT2D eigenvalue weighted by Gasteiger charge is -2.25. The Balaban J connectivity index is 4.63. The molecule has 0 spiro atoms.